The molecule has 0 aliphatic heterocycles. The Morgan fingerprint density at radius 1 is 1.38 bits per heavy atom. The van der Waals surface area contributed by atoms with Crippen LogP contribution in [0.2, 0.25) is 0 Å². The van der Waals surface area contributed by atoms with Crippen molar-refractivity contribution >= 4 is 5.91 Å². The van der Waals surface area contributed by atoms with Crippen LogP contribution in [0.25, 0.3) is 0 Å². The lowest BCUT2D eigenvalue weighted by Crippen LogP contribution is -2.34. The molecule has 2 nitrogen and oxygen atoms in total. The summed E-state index contributed by atoms with van der Waals surface area (Å²) in [6.45, 7) is 4.22. The molecule has 0 saturated heterocycles. The van der Waals surface area contributed by atoms with E-state index in [1.807, 2.05) is 6.07 Å². The van der Waals surface area contributed by atoms with E-state index in [0.717, 1.165) is 6.54 Å². The van der Waals surface area contributed by atoms with Crippen molar-refractivity contribution in [3.05, 3.63) is 48.6 Å². The first-order chi connectivity index (χ1) is 7.79. The SMILES string of the molecule is C=CC(=O)NCC1CC(c2ccccc2)C1. The molecular weight excluding hydrogens is 198 g/mol. The summed E-state index contributed by atoms with van der Waals surface area (Å²) in [5, 5.41) is 2.85. The topological polar surface area (TPSA) is 29.1 Å². The third-order valence-electron chi connectivity index (χ3n) is 3.26. The Kier molecular flexibility index (Phi) is 3.40. The minimum Gasteiger partial charge on any atom is -0.352 e. The Labute approximate surface area is 96.4 Å². The number of carbonyl (C=O) groups excluding carboxylic acids is 1. The van der Waals surface area contributed by atoms with Crippen LogP contribution in [0.1, 0.15) is 24.3 Å². The molecule has 1 aromatic rings. The van der Waals surface area contributed by atoms with Crippen LogP contribution in [-0.2, 0) is 4.79 Å². The summed E-state index contributed by atoms with van der Waals surface area (Å²) >= 11 is 0. The van der Waals surface area contributed by atoms with Crippen molar-refractivity contribution < 1.29 is 4.79 Å². The molecule has 0 aromatic heterocycles. The summed E-state index contributed by atoms with van der Waals surface area (Å²) in [4.78, 5) is 11.0. The van der Waals surface area contributed by atoms with Crippen LogP contribution in [0.4, 0.5) is 0 Å². The van der Waals surface area contributed by atoms with Gasteiger partial charge in [0.25, 0.3) is 0 Å². The molecule has 0 spiro atoms. The minimum absolute atomic E-state index is 0.0665. The number of rotatable bonds is 4. The van der Waals surface area contributed by atoms with Crippen molar-refractivity contribution in [3.8, 4) is 0 Å². The van der Waals surface area contributed by atoms with Gasteiger partial charge in [0, 0.05) is 6.54 Å². The summed E-state index contributed by atoms with van der Waals surface area (Å²) in [7, 11) is 0. The molecule has 2 rings (SSSR count). The van der Waals surface area contributed by atoms with E-state index in [9.17, 15) is 4.79 Å². The lowest BCUT2D eigenvalue weighted by Gasteiger charge is -2.35. The van der Waals surface area contributed by atoms with Gasteiger partial charge in [-0.25, -0.2) is 0 Å². The summed E-state index contributed by atoms with van der Waals surface area (Å²) in [5.74, 6) is 1.25. The Bertz CT molecular complexity index is 366. The fraction of sp³-hybridized carbons (Fsp3) is 0.357. The second-order valence-electron chi connectivity index (χ2n) is 4.39. The fourth-order valence-electron chi connectivity index (χ4n) is 2.22. The summed E-state index contributed by atoms with van der Waals surface area (Å²) in [5.41, 5.74) is 1.42. The Morgan fingerprint density at radius 3 is 2.69 bits per heavy atom. The fourth-order valence-corrected chi connectivity index (χ4v) is 2.22. The highest BCUT2D eigenvalue weighted by molar-refractivity contribution is 5.86. The zero-order chi connectivity index (χ0) is 11.4. The molecule has 0 unspecified atom stereocenters. The van der Waals surface area contributed by atoms with Gasteiger partial charge in [-0.3, -0.25) is 4.79 Å². The maximum Gasteiger partial charge on any atom is 0.243 e. The number of carbonyl (C=O) groups is 1. The molecule has 0 atom stereocenters. The van der Waals surface area contributed by atoms with E-state index < -0.39 is 0 Å². The van der Waals surface area contributed by atoms with Gasteiger partial charge in [-0.2, -0.15) is 0 Å². The zero-order valence-corrected chi connectivity index (χ0v) is 9.36. The minimum atomic E-state index is -0.0665. The van der Waals surface area contributed by atoms with Gasteiger partial charge < -0.3 is 5.32 Å². The number of amides is 1. The van der Waals surface area contributed by atoms with Crippen molar-refractivity contribution in [1.29, 1.82) is 0 Å². The molecule has 1 aromatic carbocycles. The third kappa shape index (κ3) is 2.51. The van der Waals surface area contributed by atoms with Gasteiger partial charge in [0.1, 0.15) is 0 Å². The standard InChI is InChI=1S/C14H17NO/c1-2-14(16)15-10-11-8-13(9-11)12-6-4-3-5-7-12/h2-7,11,13H,1,8-10H2,(H,15,16). The molecule has 1 amide bonds. The van der Waals surface area contributed by atoms with Crippen LogP contribution in [0.3, 0.4) is 0 Å². The Hall–Kier alpha value is -1.57. The van der Waals surface area contributed by atoms with Crippen molar-refractivity contribution in [3.63, 3.8) is 0 Å². The van der Waals surface area contributed by atoms with Gasteiger partial charge in [-0.15, -0.1) is 0 Å². The Balaban J connectivity index is 1.74. The summed E-state index contributed by atoms with van der Waals surface area (Å²) in [6, 6.07) is 10.6. The second-order valence-corrected chi connectivity index (χ2v) is 4.39. The predicted molar refractivity (Wildman–Crippen MR) is 65.1 cm³/mol. The van der Waals surface area contributed by atoms with Crippen LogP contribution in [0.15, 0.2) is 43.0 Å². The van der Waals surface area contributed by atoms with E-state index in [1.165, 1.54) is 24.5 Å². The first-order valence-corrected chi connectivity index (χ1v) is 5.75. The highest BCUT2D eigenvalue weighted by Gasteiger charge is 2.29. The number of benzene rings is 1. The smallest absolute Gasteiger partial charge is 0.243 e. The molecule has 1 saturated carbocycles. The summed E-state index contributed by atoms with van der Waals surface area (Å²) < 4.78 is 0. The second kappa shape index (κ2) is 4.97. The Morgan fingerprint density at radius 2 is 2.06 bits per heavy atom. The highest BCUT2D eigenvalue weighted by Crippen LogP contribution is 2.40. The van der Waals surface area contributed by atoms with E-state index >= 15 is 0 Å². The van der Waals surface area contributed by atoms with Gasteiger partial charge in [-0.05, 0) is 36.3 Å². The molecule has 2 heteroatoms. The number of nitrogens with one attached hydrogen (secondary N) is 1. The monoisotopic (exact) mass is 215 g/mol. The molecule has 1 N–H and O–H groups in total. The molecule has 0 bridgehead atoms. The van der Waals surface area contributed by atoms with E-state index in [2.05, 4.69) is 36.2 Å². The first kappa shape index (κ1) is 10.9. The third-order valence-corrected chi connectivity index (χ3v) is 3.26. The van der Waals surface area contributed by atoms with Gasteiger partial charge in [-0.1, -0.05) is 36.9 Å². The maximum atomic E-state index is 11.0. The maximum absolute atomic E-state index is 11.0. The number of hydrogen-bond donors (Lipinski definition) is 1. The molecule has 1 aliphatic rings. The van der Waals surface area contributed by atoms with Crippen molar-refractivity contribution in [1.82, 2.24) is 5.32 Å². The molecule has 1 aliphatic carbocycles. The van der Waals surface area contributed by atoms with Crippen LogP contribution >= 0.6 is 0 Å². The predicted octanol–water partition coefficient (Wildman–Crippen LogP) is 2.48. The molecule has 0 heterocycles. The highest BCUT2D eigenvalue weighted by atomic mass is 16.1. The van der Waals surface area contributed by atoms with E-state index in [4.69, 9.17) is 0 Å². The normalized spacial score (nSPS) is 23.2. The van der Waals surface area contributed by atoms with Gasteiger partial charge in [0.05, 0.1) is 0 Å². The molecule has 1 fully saturated rings. The van der Waals surface area contributed by atoms with E-state index in [-0.39, 0.29) is 5.91 Å². The van der Waals surface area contributed by atoms with Crippen molar-refractivity contribution in [2.75, 3.05) is 6.54 Å². The van der Waals surface area contributed by atoms with Crippen molar-refractivity contribution in [2.24, 2.45) is 5.92 Å². The summed E-state index contributed by atoms with van der Waals surface area (Å²) in [6.07, 6.45) is 3.69. The zero-order valence-electron chi connectivity index (χ0n) is 9.36. The average Bonchev–Trinajstić information content (AvgIpc) is 2.28. The van der Waals surface area contributed by atoms with Gasteiger partial charge in [0.2, 0.25) is 5.91 Å². The van der Waals surface area contributed by atoms with E-state index in [0.29, 0.717) is 11.8 Å². The molecular formula is C14H17NO. The molecule has 16 heavy (non-hydrogen) atoms. The lowest BCUT2D eigenvalue weighted by molar-refractivity contribution is -0.116. The largest absolute Gasteiger partial charge is 0.352 e. The quantitative estimate of drug-likeness (QED) is 0.768. The number of hydrogen-bond acceptors (Lipinski definition) is 1. The van der Waals surface area contributed by atoms with E-state index in [1.54, 1.807) is 0 Å². The molecule has 0 radical (unpaired) electrons. The van der Waals surface area contributed by atoms with Gasteiger partial charge in [0.15, 0.2) is 0 Å². The molecule has 84 valence electrons. The van der Waals surface area contributed by atoms with Crippen LogP contribution in [0.5, 0.6) is 0 Å². The van der Waals surface area contributed by atoms with Gasteiger partial charge >= 0.3 is 0 Å². The van der Waals surface area contributed by atoms with Crippen molar-refractivity contribution in [2.45, 2.75) is 18.8 Å². The van der Waals surface area contributed by atoms with Crippen LogP contribution in [0, 0.1) is 5.92 Å². The first-order valence-electron chi connectivity index (χ1n) is 5.75. The average molecular weight is 215 g/mol. The van der Waals surface area contributed by atoms with Crippen LogP contribution < -0.4 is 5.32 Å². The van der Waals surface area contributed by atoms with Crippen LogP contribution in [-0.4, -0.2) is 12.5 Å². The lowest BCUT2D eigenvalue weighted by atomic mass is 9.71.